The third kappa shape index (κ3) is 3.45. The number of allylic oxidation sites excluding steroid dienone is 1. The van der Waals surface area contributed by atoms with Crippen molar-refractivity contribution in [3.05, 3.63) is 23.4 Å². The molecule has 0 aromatic carbocycles. The molecule has 0 amide bonds. The normalized spacial score (nSPS) is 34.1. The van der Waals surface area contributed by atoms with Gasteiger partial charge in [0.15, 0.2) is 0 Å². The summed E-state index contributed by atoms with van der Waals surface area (Å²) in [6.45, 7) is 5.74. The van der Waals surface area contributed by atoms with Crippen molar-refractivity contribution in [2.45, 2.75) is 38.9 Å². The van der Waals surface area contributed by atoms with Gasteiger partial charge in [0.1, 0.15) is 6.17 Å². The Morgan fingerprint density at radius 3 is 2.80 bits per heavy atom. The zero-order chi connectivity index (χ0) is 14.7. The molecule has 0 saturated carbocycles. The van der Waals surface area contributed by atoms with E-state index in [1.54, 1.807) is 7.11 Å². The van der Waals surface area contributed by atoms with Crippen LogP contribution in [0.3, 0.4) is 0 Å². The van der Waals surface area contributed by atoms with Crippen molar-refractivity contribution in [3.63, 3.8) is 0 Å². The first-order valence-electron chi connectivity index (χ1n) is 7.42. The molecule has 0 spiro atoms. The van der Waals surface area contributed by atoms with Crippen molar-refractivity contribution in [3.8, 4) is 0 Å². The van der Waals surface area contributed by atoms with Gasteiger partial charge in [0, 0.05) is 30.7 Å². The van der Waals surface area contributed by atoms with Gasteiger partial charge in [-0.2, -0.15) is 0 Å². The summed E-state index contributed by atoms with van der Waals surface area (Å²) in [6.07, 6.45) is 5.21. The van der Waals surface area contributed by atoms with Crippen LogP contribution in [0, 0.1) is 11.8 Å². The highest BCUT2D eigenvalue weighted by atomic mass is 79.9. The molecule has 1 unspecified atom stereocenters. The lowest BCUT2D eigenvalue weighted by atomic mass is 9.89. The van der Waals surface area contributed by atoms with E-state index in [0.717, 1.165) is 17.3 Å². The summed E-state index contributed by atoms with van der Waals surface area (Å²) >= 11 is 3.46. The highest BCUT2D eigenvalue weighted by molar-refractivity contribution is 9.09. The Balaban J connectivity index is 2.05. The number of hydrogen-bond donors (Lipinski definition) is 0. The van der Waals surface area contributed by atoms with E-state index in [4.69, 9.17) is 4.74 Å². The van der Waals surface area contributed by atoms with Gasteiger partial charge in [0.2, 0.25) is 0 Å². The Morgan fingerprint density at radius 1 is 1.45 bits per heavy atom. The molecule has 1 heterocycles. The Bertz CT molecular complexity index is 396. The molecule has 0 radical (unpaired) electrons. The van der Waals surface area contributed by atoms with Crippen LogP contribution in [0.4, 0.5) is 4.39 Å². The molecular formula is C16H25BrFNO. The van der Waals surface area contributed by atoms with Crippen molar-refractivity contribution >= 4 is 15.9 Å². The zero-order valence-corrected chi connectivity index (χ0v) is 14.2. The molecule has 1 aliphatic heterocycles. The predicted octanol–water partition coefficient (Wildman–Crippen LogP) is 3.93. The van der Waals surface area contributed by atoms with E-state index in [1.165, 1.54) is 5.70 Å². The second-order valence-corrected chi connectivity index (χ2v) is 6.70. The fourth-order valence-electron chi connectivity index (χ4n) is 3.08. The number of ether oxygens (including phenoxy) is 1. The largest absolute Gasteiger partial charge is 0.379 e. The first kappa shape index (κ1) is 16.0. The summed E-state index contributed by atoms with van der Waals surface area (Å²) in [5.41, 5.74) is 2.15. The van der Waals surface area contributed by atoms with Crippen LogP contribution in [0.5, 0.6) is 0 Å². The van der Waals surface area contributed by atoms with E-state index < -0.39 is 6.17 Å². The van der Waals surface area contributed by atoms with E-state index in [9.17, 15) is 4.39 Å². The van der Waals surface area contributed by atoms with Crippen molar-refractivity contribution in [1.29, 1.82) is 0 Å². The molecule has 0 bridgehead atoms. The molecule has 0 aromatic heterocycles. The average Bonchev–Trinajstić information content (AvgIpc) is 2.69. The van der Waals surface area contributed by atoms with Gasteiger partial charge in [0.05, 0.1) is 6.61 Å². The van der Waals surface area contributed by atoms with Crippen molar-refractivity contribution < 1.29 is 9.13 Å². The molecule has 2 nitrogen and oxygen atoms in total. The Kier molecular flexibility index (Phi) is 5.67. The molecule has 0 aromatic rings. The second-order valence-electron chi connectivity index (χ2n) is 6.06. The summed E-state index contributed by atoms with van der Waals surface area (Å²) in [6, 6.07) is 0.419. The van der Waals surface area contributed by atoms with Crippen LogP contribution >= 0.6 is 15.9 Å². The summed E-state index contributed by atoms with van der Waals surface area (Å²) in [7, 11) is 1.71. The standard InChI is InChI=1S/C16H25BrFNO/c1-11-6-15(10-20-3)19(12(11)2)9-14-5-4-13(8-17)7-16(14)18/h5-6,11-13,16H,4,7-10H2,1-3H3/t11-,12-,13?,16-/m1/s1. The fourth-order valence-corrected chi connectivity index (χ4v) is 3.61. The average molecular weight is 346 g/mol. The van der Waals surface area contributed by atoms with E-state index in [1.807, 2.05) is 0 Å². The summed E-state index contributed by atoms with van der Waals surface area (Å²) < 4.78 is 19.6. The molecule has 0 N–H and O–H groups in total. The van der Waals surface area contributed by atoms with Crippen LogP contribution in [0.15, 0.2) is 23.4 Å². The molecule has 20 heavy (non-hydrogen) atoms. The number of halogens is 2. The van der Waals surface area contributed by atoms with E-state index in [0.29, 0.717) is 37.5 Å². The first-order chi connectivity index (χ1) is 9.56. The topological polar surface area (TPSA) is 12.5 Å². The maximum Gasteiger partial charge on any atom is 0.123 e. The van der Waals surface area contributed by atoms with Gasteiger partial charge in [0.25, 0.3) is 0 Å². The quantitative estimate of drug-likeness (QED) is 0.553. The third-order valence-corrected chi connectivity index (χ3v) is 5.51. The molecule has 114 valence electrons. The Labute approximate surface area is 130 Å². The van der Waals surface area contributed by atoms with E-state index in [2.05, 4.69) is 46.8 Å². The lowest BCUT2D eigenvalue weighted by molar-refractivity contribution is 0.175. The number of rotatable bonds is 5. The maximum absolute atomic E-state index is 14.3. The van der Waals surface area contributed by atoms with Gasteiger partial charge in [-0.1, -0.05) is 35.0 Å². The molecule has 2 aliphatic rings. The summed E-state index contributed by atoms with van der Waals surface area (Å²) in [4.78, 5) is 2.31. The van der Waals surface area contributed by atoms with Gasteiger partial charge in [-0.25, -0.2) is 4.39 Å². The fraction of sp³-hybridized carbons (Fsp3) is 0.750. The van der Waals surface area contributed by atoms with E-state index >= 15 is 0 Å². The number of nitrogens with zero attached hydrogens (tertiary/aromatic N) is 1. The van der Waals surface area contributed by atoms with Gasteiger partial charge < -0.3 is 9.64 Å². The second kappa shape index (κ2) is 7.08. The SMILES string of the molecule is COCC1=C[C@@H](C)[C@@H](C)N1CC1=CCC(CBr)C[C@H]1F. The molecule has 0 fully saturated rings. The number of alkyl halides is 2. The zero-order valence-electron chi connectivity index (χ0n) is 12.6. The van der Waals surface area contributed by atoms with Crippen LogP contribution in [-0.2, 0) is 4.74 Å². The van der Waals surface area contributed by atoms with Crippen LogP contribution in [-0.4, -0.2) is 42.7 Å². The highest BCUT2D eigenvalue weighted by Crippen LogP contribution is 2.32. The summed E-state index contributed by atoms with van der Waals surface area (Å²) in [5, 5.41) is 0.892. The van der Waals surface area contributed by atoms with Crippen molar-refractivity contribution in [1.82, 2.24) is 4.90 Å². The van der Waals surface area contributed by atoms with Crippen LogP contribution in [0.2, 0.25) is 0 Å². The highest BCUT2D eigenvalue weighted by Gasteiger charge is 2.31. The smallest absolute Gasteiger partial charge is 0.123 e. The first-order valence-corrected chi connectivity index (χ1v) is 8.54. The third-order valence-electron chi connectivity index (χ3n) is 4.60. The van der Waals surface area contributed by atoms with Crippen LogP contribution in [0.25, 0.3) is 0 Å². The van der Waals surface area contributed by atoms with Crippen LogP contribution < -0.4 is 0 Å². The van der Waals surface area contributed by atoms with Gasteiger partial charge in [-0.15, -0.1) is 0 Å². The molecule has 1 aliphatic carbocycles. The Morgan fingerprint density at radius 2 is 2.20 bits per heavy atom. The van der Waals surface area contributed by atoms with Gasteiger partial charge in [-0.05, 0) is 37.2 Å². The minimum Gasteiger partial charge on any atom is -0.379 e. The summed E-state index contributed by atoms with van der Waals surface area (Å²) in [5.74, 6) is 0.940. The van der Waals surface area contributed by atoms with Crippen LogP contribution in [0.1, 0.15) is 26.7 Å². The number of methoxy groups -OCH3 is 1. The molecule has 4 atom stereocenters. The maximum atomic E-state index is 14.3. The lowest BCUT2D eigenvalue weighted by Crippen LogP contribution is -2.36. The molecular weight excluding hydrogens is 321 g/mol. The minimum absolute atomic E-state index is 0.419. The van der Waals surface area contributed by atoms with Crippen molar-refractivity contribution in [2.24, 2.45) is 11.8 Å². The van der Waals surface area contributed by atoms with Gasteiger partial charge >= 0.3 is 0 Å². The Hall–Kier alpha value is -0.350. The van der Waals surface area contributed by atoms with Crippen molar-refractivity contribution in [2.75, 3.05) is 25.6 Å². The molecule has 2 rings (SSSR count). The monoisotopic (exact) mass is 345 g/mol. The molecule has 4 heteroatoms. The predicted molar refractivity (Wildman–Crippen MR) is 84.8 cm³/mol. The minimum atomic E-state index is -0.793. The lowest BCUT2D eigenvalue weighted by Gasteiger charge is -2.33. The molecule has 0 saturated heterocycles. The van der Waals surface area contributed by atoms with E-state index in [-0.39, 0.29) is 0 Å². The van der Waals surface area contributed by atoms with Gasteiger partial charge in [-0.3, -0.25) is 0 Å². The number of hydrogen-bond acceptors (Lipinski definition) is 2.